The standard InChI is InChI=1S/C49H52N6O6/c56-37-11-13-39-33(22-37)8-12-38(31-4-2-1-3-5-31)46(39)32-6-9-35(10-7-32)53-29-49(30-53)16-18-51(19-17-49)27-45(58)52-20-21-54-36(26-52)28-61-43-24-40-34(23-42(43)54)25-55(48(40)60)41-14-15-44(57)50-47(41)59/h1-7,9-11,13,22-24,36,38,41,46,56H,8,12,14-21,25-30H2,(H,50,57,59)/t36-,38+,41?,46-/m0/s1. The number of carbonyl (C=O) groups is 4. The summed E-state index contributed by atoms with van der Waals surface area (Å²) in [5.41, 5.74) is 9.15. The van der Waals surface area contributed by atoms with Crippen molar-refractivity contribution < 1.29 is 29.0 Å². The summed E-state index contributed by atoms with van der Waals surface area (Å²) in [6.07, 6.45) is 4.74. The number of phenols is 1. The molecule has 61 heavy (non-hydrogen) atoms. The Kier molecular flexibility index (Phi) is 9.32. The van der Waals surface area contributed by atoms with Gasteiger partial charge in [-0.3, -0.25) is 29.4 Å². The molecule has 4 aromatic rings. The van der Waals surface area contributed by atoms with Gasteiger partial charge in [0.2, 0.25) is 17.7 Å². The zero-order valence-corrected chi connectivity index (χ0v) is 34.4. The van der Waals surface area contributed by atoms with Crippen molar-refractivity contribution in [3.05, 3.63) is 118 Å². The minimum atomic E-state index is -0.658. The molecule has 1 unspecified atom stereocenters. The highest BCUT2D eigenvalue weighted by Gasteiger charge is 2.46. The molecular weight excluding hydrogens is 769 g/mol. The van der Waals surface area contributed by atoms with Crippen LogP contribution in [-0.2, 0) is 27.3 Å². The summed E-state index contributed by atoms with van der Waals surface area (Å²) in [6.45, 7) is 7.03. The molecule has 1 spiro atoms. The zero-order chi connectivity index (χ0) is 41.4. The molecule has 314 valence electrons. The van der Waals surface area contributed by atoms with Crippen LogP contribution in [0.4, 0.5) is 11.4 Å². The number of fused-ring (bicyclic) bond motifs is 5. The normalized spacial score (nSPS) is 25.5. The fraction of sp³-hybridized carbons (Fsp3) is 0.429. The first-order valence-electron chi connectivity index (χ1n) is 22.1. The fourth-order valence-corrected chi connectivity index (χ4v) is 11.6. The molecule has 0 aromatic heterocycles. The van der Waals surface area contributed by atoms with E-state index in [0.29, 0.717) is 74.1 Å². The number of amides is 4. The van der Waals surface area contributed by atoms with Gasteiger partial charge in [0.05, 0.1) is 18.3 Å². The van der Waals surface area contributed by atoms with E-state index in [0.717, 1.165) is 63.1 Å². The van der Waals surface area contributed by atoms with Crippen LogP contribution in [-0.4, -0.2) is 114 Å². The van der Waals surface area contributed by atoms with Gasteiger partial charge in [0.1, 0.15) is 24.1 Å². The Labute approximate surface area is 356 Å². The molecule has 4 aromatic carbocycles. The number of piperazine rings is 1. The lowest BCUT2D eigenvalue weighted by Gasteiger charge is -2.55. The highest BCUT2D eigenvalue weighted by molar-refractivity contribution is 6.06. The Morgan fingerprint density at radius 2 is 1.62 bits per heavy atom. The Morgan fingerprint density at radius 3 is 2.41 bits per heavy atom. The van der Waals surface area contributed by atoms with Crippen molar-refractivity contribution in [3.63, 3.8) is 0 Å². The van der Waals surface area contributed by atoms with Crippen LogP contribution in [0.1, 0.15) is 82.1 Å². The first-order chi connectivity index (χ1) is 29.7. The summed E-state index contributed by atoms with van der Waals surface area (Å²) in [6, 6.07) is 29.2. The summed E-state index contributed by atoms with van der Waals surface area (Å²) >= 11 is 0. The number of hydrogen-bond acceptors (Lipinski definition) is 9. The lowest BCUT2D eigenvalue weighted by atomic mass is 9.69. The van der Waals surface area contributed by atoms with E-state index in [1.807, 2.05) is 23.1 Å². The molecule has 12 heteroatoms. The number of aryl methyl sites for hydroxylation is 1. The molecule has 0 bridgehead atoms. The number of benzene rings is 4. The number of likely N-dealkylation sites (tertiary alicyclic amines) is 1. The number of nitrogens with zero attached hydrogens (tertiary/aromatic N) is 5. The van der Waals surface area contributed by atoms with E-state index in [2.05, 4.69) is 80.7 Å². The maximum absolute atomic E-state index is 13.7. The number of phenolic OH excluding ortho intramolecular Hbond substituents is 1. The first-order valence-corrected chi connectivity index (χ1v) is 22.1. The molecule has 11 rings (SSSR count). The minimum absolute atomic E-state index is 0.0180. The van der Waals surface area contributed by atoms with Crippen molar-refractivity contribution in [1.82, 2.24) is 20.0 Å². The van der Waals surface area contributed by atoms with Gasteiger partial charge in [-0.25, -0.2) is 0 Å². The largest absolute Gasteiger partial charge is 0.508 e. The van der Waals surface area contributed by atoms with Gasteiger partial charge in [-0.05, 0) is 115 Å². The van der Waals surface area contributed by atoms with Crippen LogP contribution in [0.3, 0.4) is 0 Å². The topological polar surface area (TPSA) is 126 Å². The Bertz CT molecular complexity index is 2410. The highest BCUT2D eigenvalue weighted by atomic mass is 16.5. The number of carbonyl (C=O) groups excluding carboxylic acids is 4. The van der Waals surface area contributed by atoms with E-state index in [4.69, 9.17) is 4.74 Å². The fourth-order valence-electron chi connectivity index (χ4n) is 11.6. The number of hydrogen-bond donors (Lipinski definition) is 2. The van der Waals surface area contributed by atoms with Gasteiger partial charge < -0.3 is 29.4 Å². The van der Waals surface area contributed by atoms with Gasteiger partial charge in [-0.1, -0.05) is 48.5 Å². The molecule has 4 saturated heterocycles. The smallest absolute Gasteiger partial charge is 0.255 e. The predicted molar refractivity (Wildman–Crippen MR) is 230 cm³/mol. The molecule has 6 heterocycles. The molecular formula is C49H52N6O6. The van der Waals surface area contributed by atoms with Crippen LogP contribution in [0.5, 0.6) is 11.5 Å². The van der Waals surface area contributed by atoms with Gasteiger partial charge in [-0.2, -0.15) is 0 Å². The van der Waals surface area contributed by atoms with Crippen molar-refractivity contribution >= 4 is 35.0 Å². The zero-order valence-electron chi connectivity index (χ0n) is 34.4. The molecule has 7 aliphatic rings. The monoisotopic (exact) mass is 820 g/mol. The molecule has 0 saturated carbocycles. The van der Waals surface area contributed by atoms with Crippen LogP contribution in [0.15, 0.2) is 84.9 Å². The maximum Gasteiger partial charge on any atom is 0.255 e. The molecule has 4 atom stereocenters. The van der Waals surface area contributed by atoms with Crippen molar-refractivity contribution in [3.8, 4) is 11.5 Å². The quantitative estimate of drug-likeness (QED) is 0.258. The van der Waals surface area contributed by atoms with Gasteiger partial charge in [0.15, 0.2) is 0 Å². The molecule has 0 radical (unpaired) electrons. The molecule has 2 N–H and O–H groups in total. The summed E-state index contributed by atoms with van der Waals surface area (Å²) in [7, 11) is 0. The number of piperidine rings is 2. The number of ether oxygens (including phenoxy) is 1. The summed E-state index contributed by atoms with van der Waals surface area (Å²) in [4.78, 5) is 62.1. The van der Waals surface area contributed by atoms with E-state index in [1.165, 1.54) is 27.9 Å². The van der Waals surface area contributed by atoms with Crippen LogP contribution >= 0.6 is 0 Å². The predicted octanol–water partition coefficient (Wildman–Crippen LogP) is 5.03. The van der Waals surface area contributed by atoms with E-state index >= 15 is 0 Å². The first kappa shape index (κ1) is 38.1. The number of nitrogens with one attached hydrogen (secondary N) is 1. The molecule has 1 aliphatic carbocycles. The number of anilines is 2. The van der Waals surface area contributed by atoms with Gasteiger partial charge in [0.25, 0.3) is 5.91 Å². The van der Waals surface area contributed by atoms with Crippen molar-refractivity contribution in [2.45, 2.75) is 69.0 Å². The minimum Gasteiger partial charge on any atom is -0.508 e. The molecule has 6 aliphatic heterocycles. The molecule has 4 amide bonds. The van der Waals surface area contributed by atoms with E-state index in [9.17, 15) is 24.3 Å². The Balaban J connectivity index is 0.679. The van der Waals surface area contributed by atoms with E-state index in [1.54, 1.807) is 11.0 Å². The number of aromatic hydroxyl groups is 1. The Hall–Kier alpha value is -5.88. The number of rotatable bonds is 6. The Morgan fingerprint density at radius 1 is 0.820 bits per heavy atom. The highest BCUT2D eigenvalue weighted by Crippen LogP contribution is 2.48. The summed E-state index contributed by atoms with van der Waals surface area (Å²) in [5.74, 6) is 0.863. The third kappa shape index (κ3) is 6.79. The van der Waals surface area contributed by atoms with Crippen molar-refractivity contribution in [2.24, 2.45) is 5.41 Å². The average Bonchev–Trinajstić information content (AvgIpc) is 3.58. The van der Waals surface area contributed by atoms with Crippen molar-refractivity contribution in [1.29, 1.82) is 0 Å². The molecule has 12 nitrogen and oxygen atoms in total. The summed E-state index contributed by atoms with van der Waals surface area (Å²) < 4.78 is 6.22. The maximum atomic E-state index is 13.7. The summed E-state index contributed by atoms with van der Waals surface area (Å²) in [5, 5.41) is 12.6. The van der Waals surface area contributed by atoms with Crippen LogP contribution < -0.4 is 19.9 Å². The van der Waals surface area contributed by atoms with Crippen LogP contribution in [0.25, 0.3) is 0 Å². The second-order valence-electron chi connectivity index (χ2n) is 18.5. The van der Waals surface area contributed by atoms with Crippen LogP contribution in [0, 0.1) is 5.41 Å². The SMILES string of the molecule is O=C1CCC(N2Cc3cc4c(cc3C2=O)OC[C@@H]2CN(C(=O)CN3CCC5(CC3)CN(c3ccc([C@@H]6c7ccc(O)cc7CC[C@@H]6c6ccccc6)cc3)C5)CCN42)C(=O)N1. The third-order valence-corrected chi connectivity index (χ3v) is 14.9. The lowest BCUT2D eigenvalue weighted by molar-refractivity contribution is -0.137. The van der Waals surface area contributed by atoms with Gasteiger partial charge in [0, 0.05) is 68.3 Å². The second-order valence-corrected chi connectivity index (χ2v) is 18.5. The lowest BCUT2D eigenvalue weighted by Crippen LogP contribution is -2.62. The molecule has 4 fully saturated rings. The van der Waals surface area contributed by atoms with Gasteiger partial charge in [-0.15, -0.1) is 0 Å². The average molecular weight is 821 g/mol. The van der Waals surface area contributed by atoms with Gasteiger partial charge >= 0.3 is 0 Å². The second kappa shape index (κ2) is 14.9. The van der Waals surface area contributed by atoms with Crippen LogP contribution in [0.2, 0.25) is 0 Å². The number of imide groups is 1. The van der Waals surface area contributed by atoms with E-state index < -0.39 is 11.9 Å². The van der Waals surface area contributed by atoms with Crippen molar-refractivity contribution in [2.75, 3.05) is 68.8 Å². The van der Waals surface area contributed by atoms with E-state index in [-0.39, 0.29) is 36.1 Å². The third-order valence-electron chi connectivity index (χ3n) is 14.9.